The number of rotatable bonds is 2. The fourth-order valence-corrected chi connectivity index (χ4v) is 13.0. The Morgan fingerprint density at radius 2 is 1.30 bits per heavy atom. The molecule has 0 fully saturated rings. The maximum atomic E-state index is 7.16. The smallest absolute Gasteiger partial charge is 0.333 e. The van der Waals surface area contributed by atoms with Gasteiger partial charge in [-0.25, -0.2) is 0 Å². The van der Waals surface area contributed by atoms with E-state index in [1.807, 2.05) is 11.3 Å². The summed E-state index contributed by atoms with van der Waals surface area (Å²) < 4.78 is 12.6. The van der Waals surface area contributed by atoms with Crippen molar-refractivity contribution >= 4 is 99.3 Å². The van der Waals surface area contributed by atoms with Crippen molar-refractivity contribution in [3.63, 3.8) is 0 Å². The average molecular weight is 793 g/mol. The molecule has 0 atom stereocenters. The first-order valence-corrected chi connectivity index (χ1v) is 22.4. The number of aromatic nitrogens is 1. The summed E-state index contributed by atoms with van der Waals surface area (Å²) >= 11 is 1.93. The van der Waals surface area contributed by atoms with Crippen molar-refractivity contribution in [2.45, 2.75) is 72.1 Å². The summed E-state index contributed by atoms with van der Waals surface area (Å²) in [6.45, 7) is 16.6. The predicted octanol–water partition coefficient (Wildman–Crippen LogP) is 14.3. The van der Waals surface area contributed by atoms with Crippen molar-refractivity contribution in [1.29, 1.82) is 0 Å². The number of hydrogen-bond donors (Lipinski definition) is 0. The Balaban J connectivity index is 1.25. The molecule has 0 unspecified atom stereocenters. The number of thiophene rings is 1. The minimum atomic E-state index is -0.0768. The fourth-order valence-electron chi connectivity index (χ4n) is 11.8. The molecule has 0 radical (unpaired) electrons. The normalized spacial score (nSPS) is 16.0. The second-order valence-electron chi connectivity index (χ2n) is 19.2. The van der Waals surface area contributed by atoms with Gasteiger partial charge in [0.1, 0.15) is 5.58 Å². The van der Waals surface area contributed by atoms with Crippen LogP contribution in [0.3, 0.4) is 0 Å². The number of hydrogen-bond acceptors (Lipinski definition) is 3. The zero-order valence-electron chi connectivity index (χ0n) is 35.2. The number of furan rings is 1. The quantitative estimate of drug-likeness (QED) is 0.163. The molecular weight excluding hydrogens is 747 g/mol. The van der Waals surface area contributed by atoms with Crippen molar-refractivity contribution in [1.82, 2.24) is 4.48 Å². The Morgan fingerprint density at radius 3 is 2.10 bits per heavy atom. The molecule has 3 nitrogen and oxygen atoms in total. The summed E-state index contributed by atoms with van der Waals surface area (Å²) in [6.07, 6.45) is 2.34. The zero-order chi connectivity index (χ0) is 40.6. The zero-order valence-corrected chi connectivity index (χ0v) is 36.1. The maximum Gasteiger partial charge on any atom is 0.333 e. The largest absolute Gasteiger partial charge is 0.454 e. The van der Waals surface area contributed by atoms with Gasteiger partial charge in [-0.15, -0.1) is 11.3 Å². The van der Waals surface area contributed by atoms with Crippen LogP contribution in [0.25, 0.3) is 75.4 Å². The Hall–Kier alpha value is -6.04. The van der Waals surface area contributed by atoms with Gasteiger partial charge in [-0.2, -0.15) is 0 Å². The Labute approximate surface area is 355 Å². The van der Waals surface area contributed by atoms with E-state index in [1.165, 1.54) is 110 Å². The second kappa shape index (κ2) is 11.6. The van der Waals surface area contributed by atoms with Crippen molar-refractivity contribution < 1.29 is 4.42 Å². The summed E-state index contributed by atoms with van der Waals surface area (Å²) in [5.74, 6) is 0. The minimum absolute atomic E-state index is 0.0423. The van der Waals surface area contributed by atoms with Gasteiger partial charge in [0.15, 0.2) is 5.58 Å². The first-order chi connectivity index (χ1) is 29.0. The highest BCUT2D eigenvalue weighted by atomic mass is 32.1. The monoisotopic (exact) mass is 792 g/mol. The predicted molar refractivity (Wildman–Crippen MR) is 258 cm³/mol. The minimum Gasteiger partial charge on any atom is -0.454 e. The summed E-state index contributed by atoms with van der Waals surface area (Å²) in [4.78, 5) is 2.64. The van der Waals surface area contributed by atoms with Gasteiger partial charge >= 0.3 is 6.85 Å². The molecule has 60 heavy (non-hydrogen) atoms. The molecule has 0 amide bonds. The van der Waals surface area contributed by atoms with Crippen molar-refractivity contribution in [2.75, 3.05) is 4.90 Å². The lowest BCUT2D eigenvalue weighted by Gasteiger charge is -2.44. The molecule has 0 saturated carbocycles. The van der Waals surface area contributed by atoms with Crippen molar-refractivity contribution in [3.8, 4) is 22.3 Å². The Morgan fingerprint density at radius 1 is 0.600 bits per heavy atom. The Kier molecular flexibility index (Phi) is 6.74. The number of nitrogens with zero attached hydrogens (tertiary/aromatic N) is 2. The van der Waals surface area contributed by atoms with E-state index >= 15 is 0 Å². The van der Waals surface area contributed by atoms with Gasteiger partial charge in [0.05, 0.1) is 15.9 Å². The molecule has 2 aliphatic heterocycles. The molecule has 10 aromatic rings. The highest BCUT2D eigenvalue weighted by Crippen LogP contribution is 2.54. The highest BCUT2D eigenvalue weighted by molar-refractivity contribution is 7.27. The summed E-state index contributed by atoms with van der Waals surface area (Å²) in [5, 5.41) is 4.96. The van der Waals surface area contributed by atoms with Crippen LogP contribution in [0.4, 0.5) is 17.1 Å². The van der Waals surface area contributed by atoms with E-state index < -0.39 is 0 Å². The van der Waals surface area contributed by atoms with E-state index in [9.17, 15) is 0 Å². The first kappa shape index (κ1) is 34.8. The third kappa shape index (κ3) is 4.36. The van der Waals surface area contributed by atoms with Crippen LogP contribution in [0.1, 0.15) is 68.4 Å². The molecular formula is C55H45BN2OS. The van der Waals surface area contributed by atoms with E-state index in [0.29, 0.717) is 0 Å². The molecule has 3 aromatic heterocycles. The van der Waals surface area contributed by atoms with Crippen LogP contribution in [-0.2, 0) is 10.8 Å². The van der Waals surface area contributed by atoms with Crippen molar-refractivity contribution in [3.05, 3.63) is 149 Å². The number of anilines is 3. The van der Waals surface area contributed by atoms with E-state index in [1.54, 1.807) is 0 Å². The summed E-state index contributed by atoms with van der Waals surface area (Å²) in [5.41, 5.74) is 22.9. The van der Waals surface area contributed by atoms with E-state index in [4.69, 9.17) is 4.42 Å². The van der Waals surface area contributed by atoms with Crippen LogP contribution < -0.4 is 15.8 Å². The molecule has 7 aromatic carbocycles. The highest BCUT2D eigenvalue weighted by Gasteiger charge is 2.46. The van der Waals surface area contributed by atoms with Gasteiger partial charge in [-0.3, -0.25) is 0 Å². The fraction of sp³-hybridized carbons (Fsp3) is 0.200. The van der Waals surface area contributed by atoms with Gasteiger partial charge in [-0.05, 0) is 130 Å². The van der Waals surface area contributed by atoms with Gasteiger partial charge in [0, 0.05) is 48.7 Å². The van der Waals surface area contributed by atoms with Crippen LogP contribution in [0.2, 0.25) is 0 Å². The maximum absolute atomic E-state index is 7.16. The number of para-hydroxylation sites is 2. The molecule has 13 rings (SSSR count). The summed E-state index contributed by atoms with van der Waals surface area (Å²) in [6, 6.07) is 46.2. The van der Waals surface area contributed by atoms with E-state index in [-0.39, 0.29) is 17.7 Å². The SMILES string of the molecule is Cc1cc2c(cc1N1c3cc(-c4c(C)cccc4C)cc4c3B(c3ccc5c(oc6ccccc65)c31)n1c3c-4cccc3c3sc4ccccc4c31)C(C)(C)CCC2(C)C. The third-order valence-electron chi connectivity index (χ3n) is 14.8. The van der Waals surface area contributed by atoms with Crippen LogP contribution in [-0.4, -0.2) is 11.3 Å². The van der Waals surface area contributed by atoms with E-state index in [0.717, 1.165) is 34.0 Å². The summed E-state index contributed by atoms with van der Waals surface area (Å²) in [7, 11) is 0. The van der Waals surface area contributed by atoms with Gasteiger partial charge in [0.2, 0.25) is 0 Å². The standard InChI is InChI=1S/C55H45BN2OS/c1-30-14-12-15-31(2)47(30)33-27-39-35-18-13-19-38-49(35)58(50-37-17-9-11-21-46(37)60-53(38)50)56-42-23-22-36-34-16-8-10-20-45(34)59-52(36)51(42)57(44(28-33)48(39)56)43-29-41-40(26-32(43)3)54(4,5)24-25-55(41,6)7/h8-23,26-29H,24-25H2,1-7H3. The van der Waals surface area contributed by atoms with Gasteiger partial charge in [-0.1, -0.05) is 119 Å². The lowest BCUT2D eigenvalue weighted by Crippen LogP contribution is -2.56. The molecule has 0 bridgehead atoms. The van der Waals surface area contributed by atoms with Crippen LogP contribution in [0.5, 0.6) is 0 Å². The molecule has 0 spiro atoms. The van der Waals surface area contributed by atoms with Gasteiger partial charge < -0.3 is 13.8 Å². The molecule has 5 heterocycles. The molecule has 5 heteroatoms. The Bertz CT molecular complexity index is 3540. The number of benzene rings is 7. The average Bonchev–Trinajstić information content (AvgIpc) is 3.91. The molecule has 290 valence electrons. The van der Waals surface area contributed by atoms with Crippen LogP contribution in [0, 0.1) is 20.8 Å². The van der Waals surface area contributed by atoms with Crippen LogP contribution >= 0.6 is 11.3 Å². The van der Waals surface area contributed by atoms with Gasteiger partial charge in [0.25, 0.3) is 0 Å². The molecule has 1 aliphatic carbocycles. The molecule has 3 aliphatic rings. The second-order valence-corrected chi connectivity index (χ2v) is 20.3. The van der Waals surface area contributed by atoms with Crippen molar-refractivity contribution in [2.24, 2.45) is 0 Å². The van der Waals surface area contributed by atoms with E-state index in [2.05, 4.69) is 179 Å². The lowest BCUT2D eigenvalue weighted by atomic mass is 9.45. The first-order valence-electron chi connectivity index (χ1n) is 21.6. The lowest BCUT2D eigenvalue weighted by molar-refractivity contribution is 0.332. The number of fused-ring (bicyclic) bond motifs is 14. The van der Waals surface area contributed by atoms with Crippen LogP contribution in [0.15, 0.2) is 126 Å². The molecule has 0 N–H and O–H groups in total. The topological polar surface area (TPSA) is 21.3 Å². The molecule has 0 saturated heterocycles. The number of aryl methyl sites for hydroxylation is 3. The third-order valence-corrected chi connectivity index (χ3v) is 16.0.